The summed E-state index contributed by atoms with van der Waals surface area (Å²) in [6, 6.07) is 9.93. The Morgan fingerprint density at radius 1 is 1.25 bits per heavy atom. The highest BCUT2D eigenvalue weighted by Crippen LogP contribution is 2.26. The van der Waals surface area contributed by atoms with E-state index in [0.717, 1.165) is 21.4 Å². The fraction of sp³-hybridized carbons (Fsp3) is 0.167. The summed E-state index contributed by atoms with van der Waals surface area (Å²) in [6.45, 7) is 1.94. The van der Waals surface area contributed by atoms with E-state index in [-0.39, 0.29) is 0 Å². The van der Waals surface area contributed by atoms with Crippen LogP contribution < -0.4 is 0 Å². The summed E-state index contributed by atoms with van der Waals surface area (Å²) in [7, 11) is 0. The maximum absolute atomic E-state index is 5.76. The van der Waals surface area contributed by atoms with Gasteiger partial charge in [0.1, 0.15) is 5.82 Å². The lowest BCUT2D eigenvalue weighted by Gasteiger charge is -2.06. The van der Waals surface area contributed by atoms with E-state index in [9.17, 15) is 0 Å². The lowest BCUT2D eigenvalue weighted by molar-refractivity contribution is 0.996. The maximum Gasteiger partial charge on any atom is 0.143 e. The minimum Gasteiger partial charge on any atom is -0.237 e. The molecule has 2 nitrogen and oxygen atoms in total. The van der Waals surface area contributed by atoms with Crippen LogP contribution in [-0.4, -0.2) is 9.97 Å². The van der Waals surface area contributed by atoms with Crippen molar-refractivity contribution in [3.63, 3.8) is 0 Å². The number of alkyl halides is 1. The van der Waals surface area contributed by atoms with Crippen LogP contribution in [0.5, 0.6) is 0 Å². The molecule has 0 atom stereocenters. The predicted octanol–water partition coefficient (Wildman–Crippen LogP) is 3.95. The molecule has 16 heavy (non-hydrogen) atoms. The highest BCUT2D eigenvalue weighted by molar-refractivity contribution is 9.10. The average Bonchev–Trinajstić information content (AvgIpc) is 2.28. The Morgan fingerprint density at radius 2 is 2.00 bits per heavy atom. The number of rotatable bonds is 2. The zero-order valence-electron chi connectivity index (χ0n) is 8.74. The first-order valence-corrected chi connectivity index (χ1v) is 6.19. The second kappa shape index (κ2) is 4.93. The van der Waals surface area contributed by atoms with E-state index in [1.54, 1.807) is 0 Å². The van der Waals surface area contributed by atoms with Crippen molar-refractivity contribution < 1.29 is 0 Å². The summed E-state index contributed by atoms with van der Waals surface area (Å²) in [4.78, 5) is 8.66. The second-order valence-electron chi connectivity index (χ2n) is 3.42. The molecule has 1 aromatic carbocycles. The largest absolute Gasteiger partial charge is 0.237 e. The van der Waals surface area contributed by atoms with Crippen molar-refractivity contribution in [3.05, 3.63) is 46.3 Å². The summed E-state index contributed by atoms with van der Waals surface area (Å²) < 4.78 is 1.02. The molecular weight excluding hydrogens is 288 g/mol. The van der Waals surface area contributed by atoms with Crippen molar-refractivity contribution in [3.8, 4) is 11.3 Å². The molecule has 0 amide bonds. The van der Waals surface area contributed by atoms with Crippen molar-refractivity contribution in [1.29, 1.82) is 0 Å². The molecule has 0 saturated heterocycles. The molecule has 0 aliphatic rings. The highest BCUT2D eigenvalue weighted by atomic mass is 79.9. The van der Waals surface area contributed by atoms with Gasteiger partial charge in [-0.2, -0.15) is 0 Å². The van der Waals surface area contributed by atoms with Crippen LogP contribution in [0.3, 0.4) is 0 Å². The summed E-state index contributed by atoms with van der Waals surface area (Å²) in [5, 5.41) is 0. The van der Waals surface area contributed by atoms with E-state index in [4.69, 9.17) is 11.6 Å². The summed E-state index contributed by atoms with van der Waals surface area (Å²) >= 11 is 9.27. The van der Waals surface area contributed by atoms with Crippen LogP contribution in [0.15, 0.2) is 34.8 Å². The first kappa shape index (κ1) is 11.6. The Balaban J connectivity index is 2.56. The minimum atomic E-state index is 0.332. The molecule has 0 saturated carbocycles. The van der Waals surface area contributed by atoms with Crippen LogP contribution in [0.2, 0.25) is 0 Å². The summed E-state index contributed by atoms with van der Waals surface area (Å²) in [5.74, 6) is 0.992. The number of benzene rings is 1. The molecule has 0 N–H and O–H groups in total. The van der Waals surface area contributed by atoms with Crippen LogP contribution in [-0.2, 0) is 5.88 Å². The van der Waals surface area contributed by atoms with Crippen LogP contribution in [0, 0.1) is 6.92 Å². The fourth-order valence-corrected chi connectivity index (χ4v) is 2.10. The van der Waals surface area contributed by atoms with Crippen LogP contribution in [0.4, 0.5) is 0 Å². The first-order valence-electron chi connectivity index (χ1n) is 4.86. The molecule has 82 valence electrons. The number of aromatic nitrogens is 2. The third-order valence-electron chi connectivity index (χ3n) is 2.17. The molecule has 0 radical (unpaired) electrons. The zero-order chi connectivity index (χ0) is 11.5. The number of hydrogen-bond donors (Lipinski definition) is 0. The Morgan fingerprint density at radius 3 is 2.69 bits per heavy atom. The van der Waals surface area contributed by atoms with Crippen LogP contribution in [0.1, 0.15) is 11.5 Å². The summed E-state index contributed by atoms with van der Waals surface area (Å²) in [5.41, 5.74) is 2.88. The van der Waals surface area contributed by atoms with Gasteiger partial charge in [0.25, 0.3) is 0 Å². The Hall–Kier alpha value is -0.930. The fourth-order valence-electron chi connectivity index (χ4n) is 1.50. The second-order valence-corrected chi connectivity index (χ2v) is 4.55. The van der Waals surface area contributed by atoms with Crippen molar-refractivity contribution in [2.45, 2.75) is 12.8 Å². The Bertz CT molecular complexity index is 514. The zero-order valence-corrected chi connectivity index (χ0v) is 11.1. The van der Waals surface area contributed by atoms with Gasteiger partial charge in [-0.1, -0.05) is 34.1 Å². The van der Waals surface area contributed by atoms with Gasteiger partial charge in [0.15, 0.2) is 0 Å². The quantitative estimate of drug-likeness (QED) is 0.784. The molecule has 0 spiro atoms. The number of nitrogens with zero attached hydrogens (tertiary/aromatic N) is 2. The van der Waals surface area contributed by atoms with Gasteiger partial charge in [-0.05, 0) is 19.1 Å². The van der Waals surface area contributed by atoms with E-state index in [2.05, 4.69) is 25.9 Å². The number of aryl methyl sites for hydroxylation is 1. The van der Waals surface area contributed by atoms with Gasteiger partial charge in [-0.15, -0.1) is 11.6 Å². The van der Waals surface area contributed by atoms with Gasteiger partial charge in [0, 0.05) is 15.7 Å². The van der Waals surface area contributed by atoms with Crippen LogP contribution >= 0.6 is 27.5 Å². The SMILES string of the molecule is Cc1cc(-c2ccccc2Br)nc(CCl)n1. The van der Waals surface area contributed by atoms with Crippen molar-refractivity contribution >= 4 is 27.5 Å². The molecule has 1 heterocycles. The van der Waals surface area contributed by atoms with E-state index >= 15 is 0 Å². The molecule has 0 fully saturated rings. The van der Waals surface area contributed by atoms with Crippen LogP contribution in [0.25, 0.3) is 11.3 Å². The van der Waals surface area contributed by atoms with Gasteiger partial charge >= 0.3 is 0 Å². The van der Waals surface area contributed by atoms with E-state index in [1.807, 2.05) is 37.3 Å². The Kier molecular flexibility index (Phi) is 3.56. The third-order valence-corrected chi connectivity index (χ3v) is 3.10. The van der Waals surface area contributed by atoms with Gasteiger partial charge in [-0.25, -0.2) is 9.97 Å². The molecule has 2 aromatic rings. The molecule has 0 unspecified atom stereocenters. The topological polar surface area (TPSA) is 25.8 Å². The molecule has 0 aliphatic carbocycles. The van der Waals surface area contributed by atoms with E-state index in [0.29, 0.717) is 11.7 Å². The minimum absolute atomic E-state index is 0.332. The van der Waals surface area contributed by atoms with Crippen molar-refractivity contribution in [1.82, 2.24) is 9.97 Å². The summed E-state index contributed by atoms with van der Waals surface area (Å²) in [6.07, 6.45) is 0. The monoisotopic (exact) mass is 296 g/mol. The smallest absolute Gasteiger partial charge is 0.143 e. The lowest BCUT2D eigenvalue weighted by atomic mass is 10.1. The van der Waals surface area contributed by atoms with Gasteiger partial charge in [0.05, 0.1) is 11.6 Å². The van der Waals surface area contributed by atoms with Gasteiger partial charge in [0.2, 0.25) is 0 Å². The van der Waals surface area contributed by atoms with Gasteiger partial charge < -0.3 is 0 Å². The predicted molar refractivity (Wildman–Crippen MR) is 69.5 cm³/mol. The maximum atomic E-state index is 5.76. The first-order chi connectivity index (χ1) is 7.70. The van der Waals surface area contributed by atoms with E-state index < -0.39 is 0 Å². The standard InChI is InChI=1S/C12H10BrClN2/c1-8-6-11(16-12(7-14)15-8)9-4-2-3-5-10(9)13/h2-6H,7H2,1H3. The normalized spacial score (nSPS) is 10.4. The third kappa shape index (κ3) is 2.42. The molecule has 1 aromatic heterocycles. The lowest BCUT2D eigenvalue weighted by Crippen LogP contribution is -1.96. The molecule has 0 bridgehead atoms. The van der Waals surface area contributed by atoms with Crippen molar-refractivity contribution in [2.75, 3.05) is 0 Å². The number of hydrogen-bond acceptors (Lipinski definition) is 2. The Labute approximate surface area is 108 Å². The highest BCUT2D eigenvalue weighted by Gasteiger charge is 2.06. The molecule has 4 heteroatoms. The van der Waals surface area contributed by atoms with Crippen molar-refractivity contribution in [2.24, 2.45) is 0 Å². The molecule has 0 aliphatic heterocycles. The molecule has 2 rings (SSSR count). The number of halogens is 2. The average molecular weight is 298 g/mol. The van der Waals surface area contributed by atoms with E-state index in [1.165, 1.54) is 0 Å². The van der Waals surface area contributed by atoms with Gasteiger partial charge in [-0.3, -0.25) is 0 Å². The molecular formula is C12H10BrClN2.